The van der Waals surface area contributed by atoms with E-state index in [1.807, 2.05) is 6.07 Å². The molecule has 2 heterocycles. The van der Waals surface area contributed by atoms with Crippen LogP contribution in [-0.4, -0.2) is 40.9 Å². The number of rotatable bonds is 6. The van der Waals surface area contributed by atoms with Gasteiger partial charge >= 0.3 is 0 Å². The Morgan fingerprint density at radius 1 is 1.17 bits per heavy atom. The van der Waals surface area contributed by atoms with Crippen molar-refractivity contribution < 1.29 is 13.6 Å². The van der Waals surface area contributed by atoms with Gasteiger partial charge in [0.25, 0.3) is 5.91 Å². The molecule has 0 aliphatic heterocycles. The van der Waals surface area contributed by atoms with Crippen molar-refractivity contribution in [2.45, 2.75) is 24.4 Å². The molecule has 4 rings (SSSR count). The number of pyridine rings is 1. The maximum Gasteiger partial charge on any atom is 0.251 e. The average Bonchev–Trinajstić information content (AvgIpc) is 2.76. The lowest BCUT2D eigenvalue weighted by Gasteiger charge is -2.44. The summed E-state index contributed by atoms with van der Waals surface area (Å²) in [6, 6.07) is 13.5. The summed E-state index contributed by atoms with van der Waals surface area (Å²) in [5, 5.41) is 14.1. The van der Waals surface area contributed by atoms with E-state index in [0.29, 0.717) is 23.6 Å². The number of nitrogens with one attached hydrogen (secondary N) is 2. The first-order chi connectivity index (χ1) is 14.5. The van der Waals surface area contributed by atoms with Crippen molar-refractivity contribution in [3.8, 4) is 11.3 Å². The molecule has 0 spiro atoms. The monoisotopic (exact) mass is 409 g/mol. The number of halogens is 2. The molecule has 1 aromatic carbocycles. The molecule has 1 saturated carbocycles. The summed E-state index contributed by atoms with van der Waals surface area (Å²) in [5.74, 6) is -0.107. The number of benzene rings is 1. The Kier molecular flexibility index (Phi) is 5.39. The molecule has 2 aromatic heterocycles. The van der Waals surface area contributed by atoms with Gasteiger partial charge in [-0.15, -0.1) is 10.2 Å². The molecule has 0 atom stereocenters. The molecule has 0 bridgehead atoms. The van der Waals surface area contributed by atoms with E-state index in [1.165, 1.54) is 18.3 Å². The van der Waals surface area contributed by atoms with Crippen molar-refractivity contribution in [3.05, 3.63) is 71.8 Å². The molecule has 1 amide bonds. The van der Waals surface area contributed by atoms with E-state index in [-0.39, 0.29) is 24.4 Å². The summed E-state index contributed by atoms with van der Waals surface area (Å²) < 4.78 is 27.9. The Bertz CT molecular complexity index is 1050. The lowest BCUT2D eigenvalue weighted by molar-refractivity contribution is 0.0959. The van der Waals surface area contributed by atoms with Crippen LogP contribution in [0.25, 0.3) is 11.3 Å². The number of aromatic nitrogens is 3. The Morgan fingerprint density at radius 2 is 2.00 bits per heavy atom. The third-order valence-electron chi connectivity index (χ3n) is 5.41. The van der Waals surface area contributed by atoms with Gasteiger partial charge in [0.05, 0.1) is 11.4 Å². The molecule has 8 heteroatoms. The first-order valence-corrected chi connectivity index (χ1v) is 9.66. The summed E-state index contributed by atoms with van der Waals surface area (Å²) in [4.78, 5) is 16.0. The number of amides is 1. The third kappa shape index (κ3) is 3.85. The second-order valence-electron chi connectivity index (χ2n) is 7.44. The Balaban J connectivity index is 1.49. The van der Waals surface area contributed by atoms with E-state index in [1.54, 1.807) is 37.4 Å². The molecule has 30 heavy (non-hydrogen) atoms. The van der Waals surface area contributed by atoms with Crippen molar-refractivity contribution in [1.29, 1.82) is 0 Å². The summed E-state index contributed by atoms with van der Waals surface area (Å²) in [7, 11) is 1.58. The summed E-state index contributed by atoms with van der Waals surface area (Å²) in [5.41, 5.74) is 1.49. The SMILES string of the molecule is CNC(=O)c1cccc(-c2ccc(NCC3(c4ncccc4F)CC(F)C3)nn2)c1. The molecule has 1 fully saturated rings. The Hall–Kier alpha value is -3.42. The van der Waals surface area contributed by atoms with Crippen molar-refractivity contribution >= 4 is 11.7 Å². The Labute approximate surface area is 172 Å². The molecule has 1 aliphatic carbocycles. The van der Waals surface area contributed by atoms with E-state index in [9.17, 15) is 13.6 Å². The van der Waals surface area contributed by atoms with Crippen molar-refractivity contribution in [3.63, 3.8) is 0 Å². The van der Waals surface area contributed by atoms with Gasteiger partial charge in [-0.2, -0.15) is 0 Å². The van der Waals surface area contributed by atoms with Crippen LogP contribution < -0.4 is 10.6 Å². The predicted molar refractivity (Wildman–Crippen MR) is 109 cm³/mol. The quantitative estimate of drug-likeness (QED) is 0.651. The van der Waals surface area contributed by atoms with Crippen LogP contribution in [0, 0.1) is 5.82 Å². The van der Waals surface area contributed by atoms with Gasteiger partial charge in [0.15, 0.2) is 0 Å². The fraction of sp³-hybridized carbons (Fsp3) is 0.273. The molecule has 2 N–H and O–H groups in total. The largest absolute Gasteiger partial charge is 0.368 e. The number of nitrogens with zero attached hydrogens (tertiary/aromatic N) is 3. The number of hydrogen-bond acceptors (Lipinski definition) is 5. The number of carbonyl (C=O) groups excluding carboxylic acids is 1. The lowest BCUT2D eigenvalue weighted by Crippen LogP contribution is -2.49. The van der Waals surface area contributed by atoms with Gasteiger partial charge in [-0.05, 0) is 49.2 Å². The van der Waals surface area contributed by atoms with Crippen LogP contribution >= 0.6 is 0 Å². The zero-order valence-electron chi connectivity index (χ0n) is 16.4. The van der Waals surface area contributed by atoms with Gasteiger partial charge in [-0.1, -0.05) is 12.1 Å². The number of alkyl halides is 1. The van der Waals surface area contributed by atoms with Crippen molar-refractivity contribution in [2.75, 3.05) is 18.9 Å². The highest BCUT2D eigenvalue weighted by Gasteiger charge is 2.48. The zero-order valence-corrected chi connectivity index (χ0v) is 16.4. The lowest BCUT2D eigenvalue weighted by atomic mass is 9.65. The molecule has 3 aromatic rings. The minimum atomic E-state index is -0.964. The normalized spacial score (nSPS) is 20.3. The van der Waals surface area contributed by atoms with Crippen molar-refractivity contribution in [1.82, 2.24) is 20.5 Å². The molecular weight excluding hydrogens is 388 g/mol. The van der Waals surface area contributed by atoms with Gasteiger partial charge in [0.1, 0.15) is 17.8 Å². The number of anilines is 1. The van der Waals surface area contributed by atoms with E-state index in [0.717, 1.165) is 5.56 Å². The first kappa shape index (κ1) is 19.9. The van der Waals surface area contributed by atoms with Crippen LogP contribution in [0.5, 0.6) is 0 Å². The molecule has 1 aliphatic rings. The second kappa shape index (κ2) is 8.14. The molecule has 0 radical (unpaired) electrons. The summed E-state index contributed by atoms with van der Waals surface area (Å²) in [6.07, 6.45) is 0.985. The van der Waals surface area contributed by atoms with Gasteiger partial charge in [0, 0.05) is 36.3 Å². The van der Waals surface area contributed by atoms with E-state index >= 15 is 0 Å². The summed E-state index contributed by atoms with van der Waals surface area (Å²) >= 11 is 0. The van der Waals surface area contributed by atoms with Gasteiger partial charge in [-0.25, -0.2) is 8.78 Å². The highest BCUT2D eigenvalue weighted by atomic mass is 19.1. The van der Waals surface area contributed by atoms with Crippen LogP contribution in [0.1, 0.15) is 28.9 Å². The molecule has 0 saturated heterocycles. The predicted octanol–water partition coefficient (Wildman–Crippen LogP) is 3.52. The first-order valence-electron chi connectivity index (χ1n) is 9.66. The van der Waals surface area contributed by atoms with Crippen molar-refractivity contribution in [2.24, 2.45) is 0 Å². The van der Waals surface area contributed by atoms with Crippen LogP contribution in [0.2, 0.25) is 0 Å². The highest BCUT2D eigenvalue weighted by molar-refractivity contribution is 5.95. The maximum atomic E-state index is 14.2. The van der Waals surface area contributed by atoms with E-state index in [2.05, 4.69) is 25.8 Å². The highest BCUT2D eigenvalue weighted by Crippen LogP contribution is 2.45. The van der Waals surface area contributed by atoms with Crippen LogP contribution in [0.15, 0.2) is 54.7 Å². The topological polar surface area (TPSA) is 79.8 Å². The van der Waals surface area contributed by atoms with Gasteiger partial charge < -0.3 is 10.6 Å². The zero-order chi connectivity index (χ0) is 21.1. The summed E-state index contributed by atoms with van der Waals surface area (Å²) in [6.45, 7) is 0.307. The second-order valence-corrected chi connectivity index (χ2v) is 7.44. The van der Waals surface area contributed by atoms with E-state index in [4.69, 9.17) is 0 Å². The number of carbonyl (C=O) groups is 1. The smallest absolute Gasteiger partial charge is 0.251 e. The molecule has 154 valence electrons. The van der Waals surface area contributed by atoms with Crippen LogP contribution in [-0.2, 0) is 5.41 Å². The maximum absolute atomic E-state index is 14.2. The number of hydrogen-bond donors (Lipinski definition) is 2. The van der Waals surface area contributed by atoms with Gasteiger partial charge in [-0.3, -0.25) is 9.78 Å². The van der Waals surface area contributed by atoms with Gasteiger partial charge in [0.2, 0.25) is 0 Å². The molecule has 6 nitrogen and oxygen atoms in total. The standard InChI is InChI=1S/C22H21F2N5O/c1-25-21(30)15-5-2-4-14(10-15)18-7-8-19(29-28-18)27-13-22(11-16(23)12-22)20-17(24)6-3-9-26-20/h2-10,16H,11-13H2,1H3,(H,25,30)(H,27,29). The average molecular weight is 409 g/mol. The third-order valence-corrected chi connectivity index (χ3v) is 5.41. The fourth-order valence-corrected chi connectivity index (χ4v) is 3.79. The fourth-order valence-electron chi connectivity index (χ4n) is 3.79. The minimum Gasteiger partial charge on any atom is -0.368 e. The Morgan fingerprint density at radius 3 is 2.67 bits per heavy atom. The molecule has 0 unspecified atom stereocenters. The minimum absolute atomic E-state index is 0.179. The van der Waals surface area contributed by atoms with E-state index < -0.39 is 17.4 Å². The van der Waals surface area contributed by atoms with Crippen LogP contribution in [0.4, 0.5) is 14.6 Å². The molecular formula is C22H21F2N5O. The van der Waals surface area contributed by atoms with Crippen LogP contribution in [0.3, 0.4) is 0 Å².